The number of ether oxygens (including phenoxy) is 1. The summed E-state index contributed by atoms with van der Waals surface area (Å²) in [5, 5.41) is 14.2. The van der Waals surface area contributed by atoms with Gasteiger partial charge in [-0.05, 0) is 72.6 Å². The minimum atomic E-state index is -3.57. The number of hydrogen-bond acceptors (Lipinski definition) is 6. The maximum atomic E-state index is 12.4. The van der Waals surface area contributed by atoms with Crippen molar-refractivity contribution in [1.82, 2.24) is 5.43 Å². The van der Waals surface area contributed by atoms with E-state index in [1.165, 1.54) is 28.7 Å². The van der Waals surface area contributed by atoms with E-state index in [1.54, 1.807) is 55.5 Å². The zero-order valence-corrected chi connectivity index (χ0v) is 20.2. The van der Waals surface area contributed by atoms with Crippen molar-refractivity contribution in [2.75, 3.05) is 17.2 Å². The Kier molecular flexibility index (Phi) is 8.14. The lowest BCUT2D eigenvalue weighted by atomic mass is 10.2. The van der Waals surface area contributed by atoms with Crippen LogP contribution in [0.3, 0.4) is 0 Å². The summed E-state index contributed by atoms with van der Waals surface area (Å²) in [6, 6.07) is 17.8. The Morgan fingerprint density at radius 3 is 2.41 bits per heavy atom. The van der Waals surface area contributed by atoms with Crippen molar-refractivity contribution in [2.24, 2.45) is 5.10 Å². The molecule has 10 heteroatoms. The van der Waals surface area contributed by atoms with Crippen LogP contribution in [0.1, 0.15) is 28.4 Å². The molecule has 2 N–H and O–H groups in total. The number of hydrogen-bond donors (Lipinski definition) is 2. The third-order valence-electron chi connectivity index (χ3n) is 4.72. The van der Waals surface area contributed by atoms with Crippen LogP contribution < -0.4 is 14.5 Å². The van der Waals surface area contributed by atoms with E-state index in [0.29, 0.717) is 34.2 Å². The number of nitrogens with zero attached hydrogens (tertiary/aromatic N) is 2. The number of phenolic OH excluding ortho intramolecular Hbond substituents is 1. The van der Waals surface area contributed by atoms with Crippen LogP contribution in [0.25, 0.3) is 0 Å². The van der Waals surface area contributed by atoms with Gasteiger partial charge in [-0.3, -0.25) is 9.10 Å². The van der Waals surface area contributed by atoms with Crippen molar-refractivity contribution in [2.45, 2.75) is 13.5 Å². The van der Waals surface area contributed by atoms with E-state index in [-0.39, 0.29) is 12.3 Å². The van der Waals surface area contributed by atoms with Gasteiger partial charge in [-0.1, -0.05) is 23.7 Å². The second kappa shape index (κ2) is 11.0. The summed E-state index contributed by atoms with van der Waals surface area (Å²) in [6.45, 7) is 2.33. The van der Waals surface area contributed by atoms with E-state index in [1.807, 2.05) is 0 Å². The average Bonchev–Trinajstić information content (AvgIpc) is 2.80. The van der Waals surface area contributed by atoms with Crippen molar-refractivity contribution in [3.05, 3.63) is 88.4 Å². The van der Waals surface area contributed by atoms with Crippen molar-refractivity contribution in [3.8, 4) is 11.5 Å². The molecule has 0 heterocycles. The lowest BCUT2D eigenvalue weighted by molar-refractivity contribution is 0.0955. The molecule has 0 bridgehead atoms. The fourth-order valence-corrected chi connectivity index (χ4v) is 4.06. The number of amides is 1. The fourth-order valence-electron chi connectivity index (χ4n) is 3.05. The summed E-state index contributed by atoms with van der Waals surface area (Å²) in [5.41, 5.74) is 4.55. The van der Waals surface area contributed by atoms with Crippen LogP contribution in [0.15, 0.2) is 71.8 Å². The normalized spacial score (nSPS) is 11.4. The molecule has 8 nitrogen and oxygen atoms in total. The van der Waals surface area contributed by atoms with Crippen molar-refractivity contribution < 1.29 is 23.1 Å². The zero-order chi connectivity index (χ0) is 24.7. The molecule has 0 aromatic heterocycles. The summed E-state index contributed by atoms with van der Waals surface area (Å²) in [5.74, 6) is -0.125. The van der Waals surface area contributed by atoms with Gasteiger partial charge in [0.15, 0.2) is 11.5 Å². The van der Waals surface area contributed by atoms with E-state index >= 15 is 0 Å². The van der Waals surface area contributed by atoms with Gasteiger partial charge in [0.05, 0.1) is 31.3 Å². The number of phenols is 1. The second-order valence-corrected chi connectivity index (χ2v) is 9.65. The number of sulfonamides is 1. The van der Waals surface area contributed by atoms with Crippen LogP contribution in [-0.2, 0) is 16.6 Å². The summed E-state index contributed by atoms with van der Waals surface area (Å²) in [7, 11) is -3.57. The summed E-state index contributed by atoms with van der Waals surface area (Å²) in [4.78, 5) is 12.4. The molecule has 0 unspecified atom stereocenters. The second-order valence-electron chi connectivity index (χ2n) is 7.30. The number of carbonyl (C=O) groups excluding carboxylic acids is 1. The largest absolute Gasteiger partial charge is 0.504 e. The maximum Gasteiger partial charge on any atom is 0.271 e. The molecule has 34 heavy (non-hydrogen) atoms. The van der Waals surface area contributed by atoms with Gasteiger partial charge in [0, 0.05) is 10.6 Å². The van der Waals surface area contributed by atoms with E-state index in [2.05, 4.69) is 10.5 Å². The molecule has 3 rings (SSSR count). The van der Waals surface area contributed by atoms with Gasteiger partial charge in [0.2, 0.25) is 10.0 Å². The number of aromatic hydroxyl groups is 1. The molecule has 0 fully saturated rings. The lowest BCUT2D eigenvalue weighted by Crippen LogP contribution is -2.29. The highest BCUT2D eigenvalue weighted by atomic mass is 35.5. The Labute approximate surface area is 203 Å². The minimum absolute atomic E-state index is 0.0160. The summed E-state index contributed by atoms with van der Waals surface area (Å²) < 4.78 is 31.3. The minimum Gasteiger partial charge on any atom is -0.504 e. The molecule has 1 amide bonds. The Morgan fingerprint density at radius 1 is 1.12 bits per heavy atom. The van der Waals surface area contributed by atoms with E-state index in [4.69, 9.17) is 16.3 Å². The standard InChI is InChI=1S/C24H24ClN3O5S/c1-3-33-23-14-18(6-13-22(23)29)15-26-27-24(30)19-7-11-21(12-8-19)28(34(2,31)32)16-17-4-9-20(25)10-5-17/h4-15,29H,3,16H2,1-2H3,(H,27,30)/b26-15-. The first-order chi connectivity index (χ1) is 16.2. The molecule has 0 aliphatic rings. The third kappa shape index (κ3) is 6.72. The van der Waals surface area contributed by atoms with E-state index in [9.17, 15) is 18.3 Å². The van der Waals surface area contributed by atoms with E-state index < -0.39 is 15.9 Å². The topological polar surface area (TPSA) is 108 Å². The number of benzene rings is 3. The first kappa shape index (κ1) is 25.1. The van der Waals surface area contributed by atoms with Gasteiger partial charge < -0.3 is 9.84 Å². The average molecular weight is 502 g/mol. The molecule has 0 aliphatic carbocycles. The van der Waals surface area contributed by atoms with Crippen LogP contribution >= 0.6 is 11.6 Å². The molecule has 3 aromatic rings. The third-order valence-corrected chi connectivity index (χ3v) is 6.11. The van der Waals surface area contributed by atoms with Crippen LogP contribution in [-0.4, -0.2) is 38.5 Å². The molecular weight excluding hydrogens is 478 g/mol. The highest BCUT2D eigenvalue weighted by Crippen LogP contribution is 2.26. The highest BCUT2D eigenvalue weighted by Gasteiger charge is 2.18. The Hall–Kier alpha value is -3.56. The summed E-state index contributed by atoms with van der Waals surface area (Å²) in [6.07, 6.45) is 2.55. The predicted molar refractivity (Wildman–Crippen MR) is 133 cm³/mol. The van der Waals surface area contributed by atoms with Crippen molar-refractivity contribution >= 4 is 39.4 Å². The van der Waals surface area contributed by atoms with Crippen LogP contribution in [0.2, 0.25) is 5.02 Å². The predicted octanol–water partition coefficient (Wildman–Crippen LogP) is 4.17. The van der Waals surface area contributed by atoms with Crippen LogP contribution in [0.5, 0.6) is 11.5 Å². The van der Waals surface area contributed by atoms with Crippen molar-refractivity contribution in [3.63, 3.8) is 0 Å². The number of carbonyl (C=O) groups is 1. The van der Waals surface area contributed by atoms with Gasteiger partial charge in [0.25, 0.3) is 5.91 Å². The number of hydrazone groups is 1. The monoisotopic (exact) mass is 501 g/mol. The summed E-state index contributed by atoms with van der Waals surface area (Å²) >= 11 is 5.90. The van der Waals surface area contributed by atoms with Crippen LogP contribution in [0, 0.1) is 0 Å². The molecule has 0 atom stereocenters. The molecule has 0 saturated heterocycles. The molecule has 0 aliphatic heterocycles. The quantitative estimate of drug-likeness (QED) is 0.338. The van der Waals surface area contributed by atoms with Gasteiger partial charge in [-0.25, -0.2) is 13.8 Å². The van der Waals surface area contributed by atoms with Gasteiger partial charge in [0.1, 0.15) is 0 Å². The fraction of sp³-hybridized carbons (Fsp3) is 0.167. The molecule has 3 aromatic carbocycles. The SMILES string of the molecule is CCOc1cc(/C=N\NC(=O)c2ccc(N(Cc3ccc(Cl)cc3)S(C)(=O)=O)cc2)ccc1O. The first-order valence-corrected chi connectivity index (χ1v) is 12.5. The number of rotatable bonds is 9. The molecule has 0 radical (unpaired) electrons. The van der Waals surface area contributed by atoms with Gasteiger partial charge in [-0.2, -0.15) is 5.10 Å². The Morgan fingerprint density at radius 2 is 1.79 bits per heavy atom. The molecule has 0 saturated carbocycles. The molecule has 178 valence electrons. The lowest BCUT2D eigenvalue weighted by Gasteiger charge is -2.22. The molecular formula is C24H24ClN3O5S. The molecule has 0 spiro atoms. The Bertz CT molecular complexity index is 1280. The van der Waals surface area contributed by atoms with Gasteiger partial charge >= 0.3 is 0 Å². The van der Waals surface area contributed by atoms with E-state index in [0.717, 1.165) is 11.8 Å². The first-order valence-electron chi connectivity index (χ1n) is 10.3. The maximum absolute atomic E-state index is 12.4. The zero-order valence-electron chi connectivity index (χ0n) is 18.6. The number of anilines is 1. The smallest absolute Gasteiger partial charge is 0.271 e. The van der Waals surface area contributed by atoms with Crippen LogP contribution in [0.4, 0.5) is 5.69 Å². The van der Waals surface area contributed by atoms with Crippen molar-refractivity contribution in [1.29, 1.82) is 0 Å². The van der Waals surface area contributed by atoms with Gasteiger partial charge in [-0.15, -0.1) is 0 Å². The highest BCUT2D eigenvalue weighted by molar-refractivity contribution is 7.92. The number of halogens is 1. The number of nitrogens with one attached hydrogen (secondary N) is 1. The Balaban J connectivity index is 1.69.